The third-order valence-corrected chi connectivity index (χ3v) is 3.48. The van der Waals surface area contributed by atoms with E-state index in [1.54, 1.807) is 20.8 Å². The smallest absolute Gasteiger partial charge is 0.333 e. The predicted octanol–water partition coefficient (Wildman–Crippen LogP) is 2.33. The molecule has 1 saturated carbocycles. The molecule has 1 aliphatic rings. The van der Waals surface area contributed by atoms with Crippen LogP contribution in [0.15, 0.2) is 11.6 Å². The summed E-state index contributed by atoms with van der Waals surface area (Å²) in [5, 5.41) is 0. The molecular weight excluding hydrogens is 232 g/mol. The molecule has 0 amide bonds. The molecule has 1 aliphatic carbocycles. The van der Waals surface area contributed by atoms with Crippen LogP contribution in [0.2, 0.25) is 0 Å². The van der Waals surface area contributed by atoms with Gasteiger partial charge in [-0.1, -0.05) is 19.9 Å². The largest absolute Gasteiger partial charge is 0.466 e. The molecule has 0 spiro atoms. The van der Waals surface area contributed by atoms with Crippen LogP contribution in [0.25, 0.3) is 0 Å². The van der Waals surface area contributed by atoms with Crippen molar-refractivity contribution in [3.63, 3.8) is 0 Å². The van der Waals surface area contributed by atoms with Crippen LogP contribution in [0.3, 0.4) is 0 Å². The highest BCUT2D eigenvalue weighted by molar-refractivity contribution is 5.88. The van der Waals surface area contributed by atoms with Gasteiger partial charge in [-0.3, -0.25) is 4.79 Å². The number of allylic oxidation sites excluding steroid dienone is 1. The first-order chi connectivity index (χ1) is 8.36. The minimum Gasteiger partial charge on any atom is -0.466 e. The van der Waals surface area contributed by atoms with Gasteiger partial charge in [-0.2, -0.15) is 0 Å². The lowest BCUT2D eigenvalue weighted by Gasteiger charge is -2.02. The Hall–Kier alpha value is -1.32. The van der Waals surface area contributed by atoms with Gasteiger partial charge in [0.1, 0.15) is 0 Å². The zero-order valence-electron chi connectivity index (χ0n) is 11.8. The van der Waals surface area contributed by atoms with Gasteiger partial charge >= 0.3 is 11.9 Å². The van der Waals surface area contributed by atoms with E-state index in [0.717, 1.165) is 0 Å². The highest BCUT2D eigenvalue weighted by atomic mass is 16.5. The average molecular weight is 254 g/mol. The minimum atomic E-state index is -0.317. The van der Waals surface area contributed by atoms with Crippen LogP contribution in [0, 0.1) is 17.3 Å². The van der Waals surface area contributed by atoms with Crippen LogP contribution in [-0.2, 0) is 19.1 Å². The van der Waals surface area contributed by atoms with E-state index < -0.39 is 0 Å². The Kier molecular flexibility index (Phi) is 4.54. The fraction of sp³-hybridized carbons (Fsp3) is 0.714. The van der Waals surface area contributed by atoms with Crippen molar-refractivity contribution in [2.24, 2.45) is 17.3 Å². The normalized spacial score (nSPS) is 25.5. The molecule has 0 N–H and O–H groups in total. The van der Waals surface area contributed by atoms with Crippen molar-refractivity contribution >= 4 is 11.9 Å². The van der Waals surface area contributed by atoms with Gasteiger partial charge in [-0.15, -0.1) is 0 Å². The van der Waals surface area contributed by atoms with Gasteiger partial charge < -0.3 is 9.47 Å². The molecule has 2 atom stereocenters. The Morgan fingerprint density at radius 1 is 1.17 bits per heavy atom. The average Bonchev–Trinajstić information content (AvgIpc) is 2.81. The molecule has 2 unspecified atom stereocenters. The monoisotopic (exact) mass is 254 g/mol. The molecule has 0 aromatic rings. The highest BCUT2D eigenvalue weighted by Gasteiger charge is 2.61. The van der Waals surface area contributed by atoms with Crippen molar-refractivity contribution in [2.45, 2.75) is 34.6 Å². The number of carbonyl (C=O) groups is 2. The standard InChI is InChI=1S/C14H22O4/c1-6-17-12(15)9(3)8-10-11(14(10,4)5)13(16)18-7-2/h8,10-11H,6-7H2,1-5H3/b9-8+. The number of rotatable bonds is 5. The fourth-order valence-corrected chi connectivity index (χ4v) is 2.25. The number of ether oxygens (including phenoxy) is 2. The zero-order valence-corrected chi connectivity index (χ0v) is 11.8. The maximum absolute atomic E-state index is 11.7. The van der Waals surface area contributed by atoms with Crippen LogP contribution in [0.4, 0.5) is 0 Å². The van der Waals surface area contributed by atoms with Gasteiger partial charge in [0.05, 0.1) is 19.1 Å². The summed E-state index contributed by atoms with van der Waals surface area (Å²) in [5.74, 6) is -0.592. The van der Waals surface area contributed by atoms with Crippen LogP contribution in [0.1, 0.15) is 34.6 Å². The van der Waals surface area contributed by atoms with E-state index in [4.69, 9.17) is 9.47 Å². The SMILES string of the molecule is CCOC(=O)/C(C)=C/C1C(C(=O)OCC)C1(C)C. The molecule has 0 aromatic heterocycles. The van der Waals surface area contributed by atoms with E-state index in [2.05, 4.69) is 0 Å². The number of esters is 2. The summed E-state index contributed by atoms with van der Waals surface area (Å²) in [7, 11) is 0. The van der Waals surface area contributed by atoms with Gasteiger partial charge in [0.2, 0.25) is 0 Å². The fourth-order valence-electron chi connectivity index (χ4n) is 2.25. The molecule has 0 aliphatic heterocycles. The summed E-state index contributed by atoms with van der Waals surface area (Å²) in [5.41, 5.74) is 0.418. The van der Waals surface area contributed by atoms with Crippen LogP contribution in [-0.4, -0.2) is 25.2 Å². The van der Waals surface area contributed by atoms with Crippen molar-refractivity contribution in [3.05, 3.63) is 11.6 Å². The quantitative estimate of drug-likeness (QED) is 0.558. The predicted molar refractivity (Wildman–Crippen MR) is 67.8 cm³/mol. The van der Waals surface area contributed by atoms with E-state index >= 15 is 0 Å². The Bertz CT molecular complexity index is 368. The first-order valence-corrected chi connectivity index (χ1v) is 6.38. The summed E-state index contributed by atoms with van der Waals surface area (Å²) >= 11 is 0. The van der Waals surface area contributed by atoms with Crippen molar-refractivity contribution < 1.29 is 19.1 Å². The summed E-state index contributed by atoms with van der Waals surface area (Å²) in [6, 6.07) is 0. The van der Waals surface area contributed by atoms with Crippen molar-refractivity contribution in [3.8, 4) is 0 Å². The molecule has 4 nitrogen and oxygen atoms in total. The van der Waals surface area contributed by atoms with E-state index in [0.29, 0.717) is 18.8 Å². The summed E-state index contributed by atoms with van der Waals surface area (Å²) in [4.78, 5) is 23.3. The van der Waals surface area contributed by atoms with Crippen molar-refractivity contribution in [2.75, 3.05) is 13.2 Å². The van der Waals surface area contributed by atoms with Crippen molar-refractivity contribution in [1.29, 1.82) is 0 Å². The molecule has 0 saturated heterocycles. The van der Waals surface area contributed by atoms with E-state index in [1.165, 1.54) is 0 Å². The summed E-state index contributed by atoms with van der Waals surface area (Å²) < 4.78 is 9.96. The van der Waals surface area contributed by atoms with E-state index in [9.17, 15) is 9.59 Å². The number of hydrogen-bond donors (Lipinski definition) is 0. The molecular formula is C14H22O4. The van der Waals surface area contributed by atoms with Crippen LogP contribution in [0.5, 0.6) is 0 Å². The Labute approximate surface area is 108 Å². The first kappa shape index (κ1) is 14.7. The molecule has 1 rings (SSSR count). The van der Waals surface area contributed by atoms with Crippen LogP contribution >= 0.6 is 0 Å². The third kappa shape index (κ3) is 2.92. The lowest BCUT2D eigenvalue weighted by Crippen LogP contribution is -2.10. The second-order valence-corrected chi connectivity index (χ2v) is 5.15. The lowest BCUT2D eigenvalue weighted by molar-refractivity contribution is -0.145. The molecule has 102 valence electrons. The van der Waals surface area contributed by atoms with E-state index in [1.807, 2.05) is 19.9 Å². The molecule has 4 heteroatoms. The Morgan fingerprint density at radius 3 is 2.22 bits per heavy atom. The molecule has 0 bridgehead atoms. The van der Waals surface area contributed by atoms with Crippen molar-refractivity contribution in [1.82, 2.24) is 0 Å². The maximum atomic E-state index is 11.7. The molecule has 0 heterocycles. The van der Waals surface area contributed by atoms with Gasteiger partial charge in [-0.05, 0) is 32.1 Å². The van der Waals surface area contributed by atoms with Gasteiger partial charge in [0.15, 0.2) is 0 Å². The Morgan fingerprint density at radius 2 is 1.72 bits per heavy atom. The second-order valence-electron chi connectivity index (χ2n) is 5.15. The topological polar surface area (TPSA) is 52.6 Å². The first-order valence-electron chi connectivity index (χ1n) is 6.38. The zero-order chi connectivity index (χ0) is 13.9. The maximum Gasteiger partial charge on any atom is 0.333 e. The minimum absolute atomic E-state index is 0.0564. The lowest BCUT2D eigenvalue weighted by atomic mass is 10.1. The number of hydrogen-bond acceptors (Lipinski definition) is 4. The van der Waals surface area contributed by atoms with Gasteiger partial charge in [-0.25, -0.2) is 4.79 Å². The number of carbonyl (C=O) groups excluding carboxylic acids is 2. The summed E-state index contributed by atoms with van der Waals surface area (Å²) in [6.45, 7) is 10.0. The van der Waals surface area contributed by atoms with Gasteiger partial charge in [0.25, 0.3) is 0 Å². The highest BCUT2D eigenvalue weighted by Crippen LogP contribution is 2.59. The molecule has 18 heavy (non-hydrogen) atoms. The second kappa shape index (κ2) is 5.55. The van der Waals surface area contributed by atoms with Crippen LogP contribution < -0.4 is 0 Å². The van der Waals surface area contributed by atoms with E-state index in [-0.39, 0.29) is 29.2 Å². The molecule has 1 fully saturated rings. The summed E-state index contributed by atoms with van der Waals surface area (Å²) in [6.07, 6.45) is 1.83. The molecule has 0 aromatic carbocycles. The molecule has 0 radical (unpaired) electrons. The van der Waals surface area contributed by atoms with Gasteiger partial charge in [0, 0.05) is 5.57 Å². The third-order valence-electron chi connectivity index (χ3n) is 3.48. The Balaban J connectivity index is 2.71.